The molecule has 23 heavy (non-hydrogen) atoms. The first kappa shape index (κ1) is 18.0. The van der Waals surface area contributed by atoms with E-state index in [2.05, 4.69) is 55.7 Å². The first-order valence-electron chi connectivity index (χ1n) is 6.55. The molecule has 2 aromatic carbocycles. The van der Waals surface area contributed by atoms with E-state index in [4.69, 9.17) is 9.47 Å². The van der Waals surface area contributed by atoms with Gasteiger partial charge in [0.1, 0.15) is 0 Å². The molecule has 0 spiro atoms. The van der Waals surface area contributed by atoms with Crippen molar-refractivity contribution in [3.05, 3.63) is 54.7 Å². The molecule has 0 radical (unpaired) electrons. The van der Waals surface area contributed by atoms with E-state index in [0.717, 1.165) is 12.7 Å². The van der Waals surface area contributed by atoms with Gasteiger partial charge in [0.15, 0.2) is 11.5 Å². The second-order valence-corrected chi connectivity index (χ2v) is 6.85. The van der Waals surface area contributed by atoms with Gasteiger partial charge in [0.2, 0.25) is 0 Å². The number of carbonyl (C=O) groups is 1. The molecule has 0 unspecified atom stereocenters. The molecule has 0 heterocycles. The number of carbonyl (C=O) groups excluding carboxylic acids is 1. The van der Waals surface area contributed by atoms with Gasteiger partial charge in [-0.1, -0.05) is 0 Å². The Balaban J connectivity index is 2.10. The molecule has 2 rings (SSSR count). The zero-order valence-electron chi connectivity index (χ0n) is 12.5. The molecule has 0 aromatic heterocycles. The summed E-state index contributed by atoms with van der Waals surface area (Å²) in [5.41, 5.74) is 3.87. The molecular weight excluding hydrogens is 522 g/mol. The average molecular weight is 536 g/mol. The summed E-state index contributed by atoms with van der Waals surface area (Å²) in [7, 11) is 3.17. The van der Waals surface area contributed by atoms with Crippen molar-refractivity contribution >= 4 is 57.3 Å². The second kappa shape index (κ2) is 8.48. The van der Waals surface area contributed by atoms with Crippen LogP contribution >= 0.6 is 45.2 Å². The van der Waals surface area contributed by atoms with Crippen molar-refractivity contribution in [3.63, 3.8) is 0 Å². The molecule has 1 N–H and O–H groups in total. The molecule has 5 nitrogen and oxygen atoms in total. The van der Waals surface area contributed by atoms with Gasteiger partial charge < -0.3 is 9.47 Å². The van der Waals surface area contributed by atoms with Crippen molar-refractivity contribution in [1.82, 2.24) is 5.43 Å². The summed E-state index contributed by atoms with van der Waals surface area (Å²) in [5.74, 6) is 1.03. The predicted molar refractivity (Wildman–Crippen MR) is 106 cm³/mol. The highest BCUT2D eigenvalue weighted by molar-refractivity contribution is 14.1. The number of amides is 1. The minimum atomic E-state index is -0.257. The van der Waals surface area contributed by atoms with E-state index >= 15 is 0 Å². The van der Waals surface area contributed by atoms with Gasteiger partial charge in [-0.2, -0.15) is 5.10 Å². The Bertz CT molecular complexity index is 731. The van der Waals surface area contributed by atoms with Crippen LogP contribution in [-0.2, 0) is 0 Å². The van der Waals surface area contributed by atoms with E-state index in [-0.39, 0.29) is 5.91 Å². The number of nitrogens with zero attached hydrogens (tertiary/aromatic N) is 1. The third kappa shape index (κ3) is 4.80. The van der Waals surface area contributed by atoms with Crippen molar-refractivity contribution in [2.24, 2.45) is 5.10 Å². The lowest BCUT2D eigenvalue weighted by atomic mass is 10.2. The predicted octanol–water partition coefficient (Wildman–Crippen LogP) is 3.68. The number of hydrogen-bond acceptors (Lipinski definition) is 4. The van der Waals surface area contributed by atoms with Crippen molar-refractivity contribution in [1.29, 1.82) is 0 Å². The number of hydrogen-bond donors (Lipinski definition) is 1. The molecule has 1 amide bonds. The molecule has 0 bridgehead atoms. The number of halogens is 2. The third-order valence-electron chi connectivity index (χ3n) is 2.94. The van der Waals surface area contributed by atoms with Crippen molar-refractivity contribution in [2.45, 2.75) is 0 Å². The summed E-state index contributed by atoms with van der Waals surface area (Å²) < 4.78 is 12.5. The van der Waals surface area contributed by atoms with Crippen LogP contribution in [0.5, 0.6) is 11.5 Å². The number of methoxy groups -OCH3 is 2. The molecule has 120 valence electrons. The molecular formula is C16H14I2N2O3. The molecule has 7 heteroatoms. The van der Waals surface area contributed by atoms with Crippen LogP contribution < -0.4 is 14.9 Å². The van der Waals surface area contributed by atoms with Crippen molar-refractivity contribution < 1.29 is 14.3 Å². The molecule has 0 aliphatic heterocycles. The maximum Gasteiger partial charge on any atom is 0.271 e. The van der Waals surface area contributed by atoms with Gasteiger partial charge in [-0.3, -0.25) is 4.79 Å². The number of hydrazone groups is 1. The minimum Gasteiger partial charge on any atom is -0.493 e. The Morgan fingerprint density at radius 1 is 1.13 bits per heavy atom. The normalized spacial score (nSPS) is 10.6. The van der Waals surface area contributed by atoms with E-state index in [9.17, 15) is 4.79 Å². The standard InChI is InChI=1S/C16H14I2N2O3/c1-22-14-8-10(7-13(18)15(14)23-2)9-19-20-16(21)11-3-5-12(17)6-4-11/h3-9H,1-2H3,(H,20,21)/b19-9-. The maximum absolute atomic E-state index is 12.0. The van der Waals surface area contributed by atoms with Crippen LogP contribution in [0.4, 0.5) is 0 Å². The Labute approximate surface area is 161 Å². The van der Waals surface area contributed by atoms with Crippen LogP contribution in [0.25, 0.3) is 0 Å². The van der Waals surface area contributed by atoms with Crippen LogP contribution in [0.1, 0.15) is 15.9 Å². The molecule has 2 aromatic rings. The Kier molecular flexibility index (Phi) is 6.63. The first-order chi connectivity index (χ1) is 11.0. The minimum absolute atomic E-state index is 0.257. The highest BCUT2D eigenvalue weighted by Gasteiger charge is 2.09. The number of rotatable bonds is 5. The molecule has 0 saturated carbocycles. The van der Waals surface area contributed by atoms with E-state index in [0.29, 0.717) is 17.1 Å². The summed E-state index contributed by atoms with van der Waals surface area (Å²) >= 11 is 4.35. The monoisotopic (exact) mass is 536 g/mol. The summed E-state index contributed by atoms with van der Waals surface area (Å²) in [4.78, 5) is 12.0. The van der Waals surface area contributed by atoms with E-state index < -0.39 is 0 Å². The number of nitrogens with one attached hydrogen (secondary N) is 1. The lowest BCUT2D eigenvalue weighted by molar-refractivity contribution is 0.0955. The zero-order valence-corrected chi connectivity index (χ0v) is 16.8. The van der Waals surface area contributed by atoms with Gasteiger partial charge in [0.25, 0.3) is 5.91 Å². The average Bonchev–Trinajstić information content (AvgIpc) is 2.54. The van der Waals surface area contributed by atoms with Crippen LogP contribution in [0.15, 0.2) is 41.5 Å². The largest absolute Gasteiger partial charge is 0.493 e. The highest BCUT2D eigenvalue weighted by atomic mass is 127. The summed E-state index contributed by atoms with van der Waals surface area (Å²) in [5, 5.41) is 3.99. The van der Waals surface area contributed by atoms with Crippen LogP contribution in [0.2, 0.25) is 0 Å². The van der Waals surface area contributed by atoms with Crippen LogP contribution in [0, 0.1) is 7.14 Å². The summed E-state index contributed by atoms with van der Waals surface area (Å²) in [6.07, 6.45) is 1.56. The van der Waals surface area contributed by atoms with Gasteiger partial charge in [-0.05, 0) is 87.1 Å². The van der Waals surface area contributed by atoms with Crippen LogP contribution in [0.3, 0.4) is 0 Å². The molecule has 0 aliphatic rings. The maximum atomic E-state index is 12.0. The Hall–Kier alpha value is -1.36. The lowest BCUT2D eigenvalue weighted by Crippen LogP contribution is -2.17. The number of benzene rings is 2. The second-order valence-electron chi connectivity index (χ2n) is 4.44. The van der Waals surface area contributed by atoms with E-state index in [1.54, 1.807) is 38.6 Å². The smallest absolute Gasteiger partial charge is 0.271 e. The molecule has 0 saturated heterocycles. The molecule has 0 aliphatic carbocycles. The summed E-state index contributed by atoms with van der Waals surface area (Å²) in [6.45, 7) is 0. The van der Waals surface area contributed by atoms with Crippen molar-refractivity contribution in [3.8, 4) is 11.5 Å². The van der Waals surface area contributed by atoms with Gasteiger partial charge in [0.05, 0.1) is 24.0 Å². The molecule has 0 atom stereocenters. The Morgan fingerprint density at radius 2 is 1.83 bits per heavy atom. The lowest BCUT2D eigenvalue weighted by Gasteiger charge is -2.10. The van der Waals surface area contributed by atoms with Gasteiger partial charge in [-0.25, -0.2) is 5.43 Å². The first-order valence-corrected chi connectivity index (χ1v) is 8.71. The molecule has 0 fully saturated rings. The van der Waals surface area contributed by atoms with E-state index in [1.807, 2.05) is 18.2 Å². The fraction of sp³-hybridized carbons (Fsp3) is 0.125. The van der Waals surface area contributed by atoms with Gasteiger partial charge in [0, 0.05) is 9.13 Å². The van der Waals surface area contributed by atoms with Crippen molar-refractivity contribution in [2.75, 3.05) is 14.2 Å². The zero-order chi connectivity index (χ0) is 16.8. The quantitative estimate of drug-likeness (QED) is 0.361. The fourth-order valence-electron chi connectivity index (χ4n) is 1.84. The fourth-order valence-corrected chi connectivity index (χ4v) is 3.05. The number of ether oxygens (including phenoxy) is 2. The topological polar surface area (TPSA) is 59.9 Å². The van der Waals surface area contributed by atoms with Gasteiger partial charge in [-0.15, -0.1) is 0 Å². The summed E-state index contributed by atoms with van der Waals surface area (Å²) in [6, 6.07) is 10.9. The third-order valence-corrected chi connectivity index (χ3v) is 4.46. The van der Waals surface area contributed by atoms with Crippen LogP contribution in [-0.4, -0.2) is 26.3 Å². The van der Waals surface area contributed by atoms with Gasteiger partial charge >= 0.3 is 0 Å². The van der Waals surface area contributed by atoms with E-state index in [1.165, 1.54) is 0 Å². The highest BCUT2D eigenvalue weighted by Crippen LogP contribution is 2.32. The SMILES string of the molecule is COc1cc(/C=N\NC(=O)c2ccc(I)cc2)cc(I)c1OC. The Morgan fingerprint density at radius 3 is 2.43 bits per heavy atom.